The fraction of sp³-hybridized carbons (Fsp3) is 0.0476. The second kappa shape index (κ2) is 12.5. The molecule has 0 atom stereocenters. The lowest BCUT2D eigenvalue weighted by Gasteiger charge is -2.38. The van der Waals surface area contributed by atoms with Crippen molar-refractivity contribution in [2.24, 2.45) is 0 Å². The highest BCUT2D eigenvalue weighted by Gasteiger charge is 2.39. The summed E-state index contributed by atoms with van der Waals surface area (Å²) >= 11 is 0. The van der Waals surface area contributed by atoms with Crippen LogP contribution in [0.1, 0.15) is 38.4 Å². The van der Waals surface area contributed by atoms with Crippen molar-refractivity contribution in [3.05, 3.63) is 203 Å². The molecule has 4 nitrogen and oxygen atoms in total. The molecule has 4 heteroatoms. The van der Waals surface area contributed by atoms with Crippen LogP contribution in [0.2, 0.25) is 0 Å². The molecule has 1 aromatic heterocycles. The lowest BCUT2D eigenvalue weighted by Crippen LogP contribution is -2.31. The summed E-state index contributed by atoms with van der Waals surface area (Å²) < 4.78 is 0. The van der Waals surface area contributed by atoms with E-state index in [0.717, 1.165) is 27.9 Å². The molecule has 222 valence electrons. The Labute approximate surface area is 269 Å². The number of carbonyl (C=O) groups excluding carboxylic acids is 1. The number of benzene rings is 6. The van der Waals surface area contributed by atoms with Gasteiger partial charge in [0.25, 0.3) is 5.91 Å². The van der Waals surface area contributed by atoms with Crippen molar-refractivity contribution in [2.45, 2.75) is 12.3 Å². The molecule has 0 spiro atoms. The van der Waals surface area contributed by atoms with E-state index in [2.05, 4.69) is 143 Å². The Bertz CT molecular complexity index is 1970. The van der Waals surface area contributed by atoms with Gasteiger partial charge in [-0.05, 0) is 58.0 Å². The normalized spacial score (nSPS) is 11.2. The van der Waals surface area contributed by atoms with Gasteiger partial charge in [0.05, 0.1) is 5.41 Å². The molecule has 0 aliphatic carbocycles. The third-order valence-corrected chi connectivity index (χ3v) is 8.63. The Morgan fingerprint density at radius 3 is 1.59 bits per heavy atom. The quantitative estimate of drug-likeness (QED) is 0.172. The smallest absolute Gasteiger partial charge is 0.276 e. The number of carbonyl (C=O) groups is 1. The van der Waals surface area contributed by atoms with Gasteiger partial charge < -0.3 is 5.32 Å². The van der Waals surface area contributed by atoms with Crippen LogP contribution >= 0.6 is 0 Å². The van der Waals surface area contributed by atoms with Gasteiger partial charge in [-0.1, -0.05) is 158 Å². The maximum absolute atomic E-state index is 13.4. The number of hydrogen-bond donors (Lipinski definition) is 2. The molecule has 0 saturated carbocycles. The third-order valence-electron chi connectivity index (χ3n) is 8.63. The van der Waals surface area contributed by atoms with E-state index < -0.39 is 5.41 Å². The first-order chi connectivity index (χ1) is 22.7. The van der Waals surface area contributed by atoms with Crippen molar-refractivity contribution in [3.8, 4) is 22.3 Å². The lowest BCUT2D eigenvalue weighted by atomic mass is 9.63. The number of aromatic amines is 1. The van der Waals surface area contributed by atoms with Gasteiger partial charge in [0.1, 0.15) is 0 Å². The Kier molecular flexibility index (Phi) is 7.84. The fourth-order valence-corrected chi connectivity index (χ4v) is 6.57. The number of H-pyrrole nitrogens is 1. The van der Waals surface area contributed by atoms with Gasteiger partial charge in [0, 0.05) is 16.9 Å². The molecule has 0 radical (unpaired) electrons. The summed E-state index contributed by atoms with van der Waals surface area (Å²) in [6.45, 7) is 1.93. The summed E-state index contributed by atoms with van der Waals surface area (Å²) in [4.78, 5) is 13.4. The summed E-state index contributed by atoms with van der Waals surface area (Å²) in [5.41, 5.74) is 10.0. The van der Waals surface area contributed by atoms with Crippen LogP contribution in [0.4, 0.5) is 5.69 Å². The summed E-state index contributed by atoms with van der Waals surface area (Å²) in [7, 11) is 0. The maximum Gasteiger partial charge on any atom is 0.276 e. The van der Waals surface area contributed by atoms with E-state index in [-0.39, 0.29) is 5.91 Å². The Balaban J connectivity index is 1.30. The summed E-state index contributed by atoms with van der Waals surface area (Å²) in [5.74, 6) is -0.257. The lowest BCUT2D eigenvalue weighted by molar-refractivity contribution is 0.102. The molecule has 0 bridgehead atoms. The van der Waals surface area contributed by atoms with E-state index >= 15 is 0 Å². The molecule has 0 aliphatic heterocycles. The first-order valence-corrected chi connectivity index (χ1v) is 15.4. The first-order valence-electron chi connectivity index (χ1n) is 15.4. The van der Waals surface area contributed by atoms with Gasteiger partial charge in [-0.15, -0.1) is 0 Å². The zero-order valence-corrected chi connectivity index (χ0v) is 25.5. The van der Waals surface area contributed by atoms with Gasteiger partial charge >= 0.3 is 0 Å². The van der Waals surface area contributed by atoms with Gasteiger partial charge in [-0.2, -0.15) is 5.10 Å². The minimum atomic E-state index is -0.571. The van der Waals surface area contributed by atoms with Crippen molar-refractivity contribution >= 4 is 11.6 Å². The zero-order chi connectivity index (χ0) is 31.3. The summed E-state index contributed by atoms with van der Waals surface area (Å²) in [6, 6.07) is 58.7. The van der Waals surface area contributed by atoms with Crippen molar-refractivity contribution in [2.75, 3.05) is 5.32 Å². The van der Waals surface area contributed by atoms with Crippen molar-refractivity contribution in [3.63, 3.8) is 0 Å². The van der Waals surface area contributed by atoms with Crippen molar-refractivity contribution in [1.82, 2.24) is 10.2 Å². The molecule has 0 fully saturated rings. The predicted molar refractivity (Wildman–Crippen MR) is 187 cm³/mol. The fourth-order valence-electron chi connectivity index (χ4n) is 6.57. The Morgan fingerprint density at radius 2 is 1.04 bits per heavy atom. The minimum absolute atomic E-state index is 0.257. The van der Waals surface area contributed by atoms with Crippen LogP contribution in [0.15, 0.2) is 170 Å². The molecule has 0 aliphatic rings. The van der Waals surface area contributed by atoms with Crippen LogP contribution in [-0.2, 0) is 5.41 Å². The topological polar surface area (TPSA) is 57.8 Å². The molecule has 7 rings (SSSR count). The van der Waals surface area contributed by atoms with Crippen molar-refractivity contribution < 1.29 is 4.79 Å². The van der Waals surface area contributed by atoms with Crippen LogP contribution in [-0.4, -0.2) is 16.1 Å². The molecule has 7 aromatic rings. The number of rotatable bonds is 8. The van der Waals surface area contributed by atoms with Crippen LogP contribution < -0.4 is 5.32 Å². The van der Waals surface area contributed by atoms with E-state index in [0.29, 0.717) is 11.4 Å². The van der Waals surface area contributed by atoms with E-state index in [1.165, 1.54) is 22.3 Å². The molecule has 1 amide bonds. The molecular weight excluding hydrogens is 562 g/mol. The second-order valence-electron chi connectivity index (χ2n) is 11.4. The second-order valence-corrected chi connectivity index (χ2v) is 11.4. The van der Waals surface area contributed by atoms with Gasteiger partial charge in [-0.3, -0.25) is 9.89 Å². The molecular formula is C42H33N3O. The number of anilines is 1. The highest BCUT2D eigenvalue weighted by Crippen LogP contribution is 2.48. The first kappa shape index (κ1) is 28.8. The van der Waals surface area contributed by atoms with E-state index in [4.69, 9.17) is 0 Å². The molecule has 46 heavy (non-hydrogen) atoms. The Morgan fingerprint density at radius 1 is 0.565 bits per heavy atom. The SMILES string of the molecule is Cc1[nH]nc(C(=O)Nc2ccc(-c3ccccc3C(c3ccccc3)(c3ccccc3)c3ccccc3)cc2)c1-c1ccccc1. The predicted octanol–water partition coefficient (Wildman–Crippen LogP) is 9.69. The highest BCUT2D eigenvalue weighted by molar-refractivity contribution is 6.07. The molecule has 6 aromatic carbocycles. The van der Waals surface area contributed by atoms with E-state index in [1.54, 1.807) is 0 Å². The largest absolute Gasteiger partial charge is 0.321 e. The number of nitrogens with zero attached hydrogens (tertiary/aromatic N) is 1. The standard InChI is InChI=1S/C42H33N3O/c1-30-39(32-16-6-2-7-17-32)40(45-44-30)41(46)43-36-28-26-31(27-29-36)37-24-14-15-25-38(37)42(33-18-8-3-9-19-33,34-20-10-4-11-21-34)35-22-12-5-13-23-35/h2-29H,1H3,(H,43,46)(H,44,45). The minimum Gasteiger partial charge on any atom is -0.321 e. The van der Waals surface area contributed by atoms with Gasteiger partial charge in [0.15, 0.2) is 5.69 Å². The molecule has 1 heterocycles. The van der Waals surface area contributed by atoms with E-state index in [9.17, 15) is 4.79 Å². The van der Waals surface area contributed by atoms with Crippen LogP contribution in [0.25, 0.3) is 22.3 Å². The van der Waals surface area contributed by atoms with Crippen LogP contribution in [0.5, 0.6) is 0 Å². The summed E-state index contributed by atoms with van der Waals surface area (Å²) in [6.07, 6.45) is 0. The number of hydrogen-bond acceptors (Lipinski definition) is 2. The average Bonchev–Trinajstić information content (AvgIpc) is 3.52. The molecule has 0 unspecified atom stereocenters. The number of amides is 1. The van der Waals surface area contributed by atoms with Crippen LogP contribution in [0, 0.1) is 6.92 Å². The van der Waals surface area contributed by atoms with E-state index in [1.807, 2.05) is 49.4 Å². The Hall–Kier alpha value is -6.00. The van der Waals surface area contributed by atoms with Gasteiger partial charge in [-0.25, -0.2) is 0 Å². The average molecular weight is 596 g/mol. The third kappa shape index (κ3) is 5.20. The maximum atomic E-state index is 13.4. The van der Waals surface area contributed by atoms with Gasteiger partial charge in [0.2, 0.25) is 0 Å². The highest BCUT2D eigenvalue weighted by atomic mass is 16.1. The van der Waals surface area contributed by atoms with Crippen LogP contribution in [0.3, 0.4) is 0 Å². The number of aryl methyl sites for hydroxylation is 1. The molecule has 0 saturated heterocycles. The number of aromatic nitrogens is 2. The van der Waals surface area contributed by atoms with Crippen molar-refractivity contribution in [1.29, 1.82) is 0 Å². The zero-order valence-electron chi connectivity index (χ0n) is 25.5. The monoisotopic (exact) mass is 595 g/mol. The number of nitrogens with one attached hydrogen (secondary N) is 2. The summed E-state index contributed by atoms with van der Waals surface area (Å²) in [5, 5.41) is 10.4. The molecule has 2 N–H and O–H groups in total.